The summed E-state index contributed by atoms with van der Waals surface area (Å²) < 4.78 is 79.4. The predicted octanol–water partition coefficient (Wildman–Crippen LogP) is 3.26. The lowest BCUT2D eigenvalue weighted by molar-refractivity contribution is -0.141. The highest BCUT2D eigenvalue weighted by molar-refractivity contribution is 5.48. The topological polar surface area (TPSA) is 89.7 Å². The summed E-state index contributed by atoms with van der Waals surface area (Å²) in [6, 6.07) is 4.86. The molecule has 2 atom stereocenters. The average molecular weight is 496 g/mol. The van der Waals surface area contributed by atoms with Gasteiger partial charge in [-0.2, -0.15) is 18.2 Å². The molecule has 0 aliphatic carbocycles. The van der Waals surface area contributed by atoms with Crippen LogP contribution in [-0.2, 0) is 19.3 Å². The zero-order valence-electron chi connectivity index (χ0n) is 17.8. The highest BCUT2D eigenvalue weighted by Gasteiger charge is 2.38. The number of pyridine rings is 1. The van der Waals surface area contributed by atoms with E-state index in [2.05, 4.69) is 9.97 Å². The average Bonchev–Trinajstić information content (AvgIpc) is 3.31. The van der Waals surface area contributed by atoms with Gasteiger partial charge in [-0.25, -0.2) is 13.6 Å². The third-order valence-corrected chi connectivity index (χ3v) is 5.73. The van der Waals surface area contributed by atoms with Gasteiger partial charge < -0.3 is 19.5 Å². The predicted molar refractivity (Wildman–Crippen MR) is 110 cm³/mol. The number of hydrogen-bond acceptors (Lipinski definition) is 7. The Balaban J connectivity index is 1.32. The third-order valence-electron chi connectivity index (χ3n) is 5.73. The van der Waals surface area contributed by atoms with E-state index in [4.69, 9.17) is 9.47 Å². The van der Waals surface area contributed by atoms with E-state index in [1.807, 2.05) is 4.90 Å². The van der Waals surface area contributed by atoms with E-state index in [1.54, 1.807) is 0 Å². The molecular weight excluding hydrogens is 479 g/mol. The van der Waals surface area contributed by atoms with Crippen molar-refractivity contribution in [3.8, 4) is 17.4 Å². The number of aromatic nitrogens is 3. The van der Waals surface area contributed by atoms with Crippen LogP contribution >= 0.6 is 0 Å². The fourth-order valence-corrected chi connectivity index (χ4v) is 4.21. The fourth-order valence-electron chi connectivity index (χ4n) is 4.21. The lowest BCUT2D eigenvalue weighted by Crippen LogP contribution is -2.25. The van der Waals surface area contributed by atoms with Gasteiger partial charge in [0.1, 0.15) is 23.9 Å². The SMILES string of the molecule is O=c1nc(OCc2cc(F)c(Oc3ccnc(C(F)(F)F)c3)c(F)c2)cc2n1CC1C[C@@H](O)CN21. The number of alkyl halides is 3. The maximum Gasteiger partial charge on any atom is 0.433 e. The smallest absolute Gasteiger partial charge is 0.433 e. The molecule has 4 heterocycles. The van der Waals surface area contributed by atoms with Gasteiger partial charge in [0.2, 0.25) is 5.88 Å². The number of fused-ring (bicyclic) bond motifs is 3. The van der Waals surface area contributed by atoms with E-state index in [0.29, 0.717) is 31.4 Å². The summed E-state index contributed by atoms with van der Waals surface area (Å²) in [5.41, 5.74) is -1.78. The van der Waals surface area contributed by atoms with Crippen LogP contribution in [-0.4, -0.2) is 38.3 Å². The first-order valence-corrected chi connectivity index (χ1v) is 10.5. The minimum atomic E-state index is -4.75. The van der Waals surface area contributed by atoms with Gasteiger partial charge in [-0.15, -0.1) is 0 Å². The number of aliphatic hydroxyl groups excluding tert-OH is 1. The van der Waals surface area contributed by atoms with Crippen LogP contribution in [0, 0.1) is 11.6 Å². The van der Waals surface area contributed by atoms with Crippen molar-refractivity contribution in [3.63, 3.8) is 0 Å². The van der Waals surface area contributed by atoms with Gasteiger partial charge in [0.05, 0.1) is 12.1 Å². The van der Waals surface area contributed by atoms with Crippen molar-refractivity contribution in [2.24, 2.45) is 0 Å². The van der Waals surface area contributed by atoms with Crippen LogP contribution in [0.15, 0.2) is 41.3 Å². The van der Waals surface area contributed by atoms with Gasteiger partial charge in [-0.1, -0.05) is 0 Å². The molecule has 1 saturated heterocycles. The second-order valence-corrected chi connectivity index (χ2v) is 8.20. The van der Waals surface area contributed by atoms with Crippen molar-refractivity contribution >= 4 is 5.82 Å². The molecule has 13 heteroatoms. The molecule has 0 saturated carbocycles. The molecule has 2 aliphatic heterocycles. The molecule has 1 fully saturated rings. The Morgan fingerprint density at radius 3 is 2.57 bits per heavy atom. The Hall–Kier alpha value is -3.74. The van der Waals surface area contributed by atoms with Crippen LogP contribution in [0.3, 0.4) is 0 Å². The number of anilines is 1. The highest BCUT2D eigenvalue weighted by Crippen LogP contribution is 2.35. The molecule has 1 N–H and O–H groups in total. The first kappa shape index (κ1) is 23.0. The second-order valence-electron chi connectivity index (χ2n) is 8.20. The lowest BCUT2D eigenvalue weighted by atomic mass is 10.2. The summed E-state index contributed by atoms with van der Waals surface area (Å²) in [6.07, 6.45) is -3.91. The quantitative estimate of drug-likeness (QED) is 0.543. The standard InChI is InChI=1S/C22H17F5N4O4/c23-15-3-11(4-16(24)20(15)35-14-1-2-28-17(6-14)22(25,26)27)10-34-18-7-19-30-9-13(32)5-12(30)8-31(19)21(33)29-18/h1-4,6-7,12-13,32H,5,8-10H2/t12?,13-/m1/s1. The largest absolute Gasteiger partial charge is 0.473 e. The van der Waals surface area contributed by atoms with Gasteiger partial charge in [0.15, 0.2) is 17.4 Å². The zero-order chi connectivity index (χ0) is 24.9. The fraction of sp³-hybridized carbons (Fsp3) is 0.318. The van der Waals surface area contributed by atoms with Crippen LogP contribution in [0.2, 0.25) is 0 Å². The van der Waals surface area contributed by atoms with Crippen LogP contribution < -0.4 is 20.1 Å². The molecule has 184 valence electrons. The summed E-state index contributed by atoms with van der Waals surface area (Å²) in [5.74, 6) is -3.17. The van der Waals surface area contributed by atoms with E-state index in [-0.39, 0.29) is 24.1 Å². The van der Waals surface area contributed by atoms with Crippen molar-refractivity contribution in [1.29, 1.82) is 0 Å². The van der Waals surface area contributed by atoms with E-state index < -0.39 is 46.8 Å². The molecule has 0 amide bonds. The maximum atomic E-state index is 14.5. The van der Waals surface area contributed by atoms with Crippen LogP contribution in [0.25, 0.3) is 0 Å². The second kappa shape index (κ2) is 8.48. The van der Waals surface area contributed by atoms with Crippen molar-refractivity contribution in [3.05, 3.63) is 69.9 Å². The molecule has 3 aromatic rings. The molecule has 1 unspecified atom stereocenters. The first-order valence-electron chi connectivity index (χ1n) is 10.5. The molecular formula is C22H17F5N4O4. The Bertz CT molecular complexity index is 1320. The lowest BCUT2D eigenvalue weighted by Gasteiger charge is -2.17. The van der Waals surface area contributed by atoms with Gasteiger partial charge in [-0.05, 0) is 30.2 Å². The number of aliphatic hydroxyl groups is 1. The minimum absolute atomic E-state index is 0.0157. The third kappa shape index (κ3) is 4.50. The number of nitrogens with zero attached hydrogens (tertiary/aromatic N) is 4. The normalized spacial score (nSPS) is 19.0. The summed E-state index contributed by atoms with van der Waals surface area (Å²) in [4.78, 5) is 21.2. The van der Waals surface area contributed by atoms with E-state index in [0.717, 1.165) is 24.4 Å². The summed E-state index contributed by atoms with van der Waals surface area (Å²) in [6.45, 7) is 0.426. The van der Waals surface area contributed by atoms with Crippen LogP contribution in [0.5, 0.6) is 17.4 Å². The van der Waals surface area contributed by atoms with Crippen molar-refractivity contribution in [1.82, 2.24) is 14.5 Å². The van der Waals surface area contributed by atoms with Gasteiger partial charge in [0, 0.05) is 31.4 Å². The number of halogens is 5. The number of rotatable bonds is 5. The Morgan fingerprint density at radius 2 is 1.86 bits per heavy atom. The van der Waals surface area contributed by atoms with Crippen LogP contribution in [0.4, 0.5) is 27.8 Å². The maximum absolute atomic E-state index is 14.5. The number of ether oxygens (including phenoxy) is 2. The van der Waals surface area contributed by atoms with Crippen LogP contribution in [0.1, 0.15) is 17.7 Å². The first-order chi connectivity index (χ1) is 16.6. The molecule has 35 heavy (non-hydrogen) atoms. The van der Waals surface area contributed by atoms with E-state index >= 15 is 0 Å². The van der Waals surface area contributed by atoms with Crippen molar-refractivity contribution < 1.29 is 36.5 Å². The Labute approximate surface area is 194 Å². The van der Waals surface area contributed by atoms with Gasteiger partial charge >= 0.3 is 11.9 Å². The molecule has 1 aromatic carbocycles. The molecule has 8 nitrogen and oxygen atoms in total. The highest BCUT2D eigenvalue weighted by atomic mass is 19.4. The molecule has 0 bridgehead atoms. The zero-order valence-corrected chi connectivity index (χ0v) is 17.8. The van der Waals surface area contributed by atoms with E-state index in [9.17, 15) is 31.9 Å². The van der Waals surface area contributed by atoms with Gasteiger partial charge in [0.25, 0.3) is 0 Å². The molecule has 0 spiro atoms. The molecule has 2 aromatic heterocycles. The molecule has 0 radical (unpaired) electrons. The molecule has 5 rings (SSSR count). The Kier molecular flexibility index (Phi) is 5.58. The summed E-state index contributed by atoms with van der Waals surface area (Å²) >= 11 is 0. The monoisotopic (exact) mass is 496 g/mol. The van der Waals surface area contributed by atoms with Gasteiger partial charge in [-0.3, -0.25) is 9.55 Å². The van der Waals surface area contributed by atoms with Crippen molar-refractivity contribution in [2.45, 2.75) is 37.9 Å². The van der Waals surface area contributed by atoms with E-state index in [1.165, 1.54) is 10.6 Å². The molecule has 2 aliphatic rings. The Morgan fingerprint density at radius 1 is 1.11 bits per heavy atom. The number of hydrogen-bond donors (Lipinski definition) is 1. The minimum Gasteiger partial charge on any atom is -0.473 e. The number of benzene rings is 1. The summed E-state index contributed by atoms with van der Waals surface area (Å²) in [7, 11) is 0. The summed E-state index contributed by atoms with van der Waals surface area (Å²) in [5, 5.41) is 9.86. The van der Waals surface area contributed by atoms with Crippen molar-refractivity contribution in [2.75, 3.05) is 11.4 Å².